The van der Waals surface area contributed by atoms with E-state index in [1.165, 1.54) is 30.3 Å². The van der Waals surface area contributed by atoms with E-state index in [0.29, 0.717) is 5.56 Å². The maximum Gasteiger partial charge on any atom is 0.213 e. The Morgan fingerprint density at radius 1 is 0.976 bits per heavy atom. The highest BCUT2D eigenvalue weighted by molar-refractivity contribution is 6.06. The van der Waals surface area contributed by atoms with Gasteiger partial charge in [-0.15, -0.1) is 0 Å². The van der Waals surface area contributed by atoms with Gasteiger partial charge in [0.05, 0.1) is 13.2 Å². The Bertz CT molecular complexity index is 1240. The minimum Gasteiger partial charge on any atom is -0.509 e. The zero-order chi connectivity index (χ0) is 31.1. The summed E-state index contributed by atoms with van der Waals surface area (Å²) in [5, 5.41) is 126. The predicted octanol–water partition coefficient (Wildman–Crippen LogP) is -3.58. The van der Waals surface area contributed by atoms with Crippen LogP contribution in [0.5, 0.6) is 5.75 Å². The van der Waals surface area contributed by atoms with Crippen LogP contribution in [0, 0.1) is 0 Å². The number of phenolic OH excluding ortho intramolecular Hbond substituents is 1. The van der Waals surface area contributed by atoms with Crippen molar-refractivity contribution < 1.29 is 75.5 Å². The average Bonchev–Trinajstić information content (AvgIpc) is 2.97. The number of ether oxygens (including phenoxy) is 2. The molecule has 12 N–H and O–H groups in total. The molecule has 1 aliphatic carbocycles. The van der Waals surface area contributed by atoms with Gasteiger partial charge in [0.1, 0.15) is 78.3 Å². The van der Waals surface area contributed by atoms with Crippen LogP contribution in [0.1, 0.15) is 12.0 Å². The van der Waals surface area contributed by atoms with E-state index in [2.05, 4.69) is 0 Å². The quantitative estimate of drug-likeness (QED) is 0.111. The van der Waals surface area contributed by atoms with Crippen molar-refractivity contribution in [3.63, 3.8) is 0 Å². The average molecular weight is 599 g/mol. The lowest BCUT2D eigenvalue weighted by atomic mass is 9.71. The fourth-order valence-corrected chi connectivity index (χ4v) is 5.27. The smallest absolute Gasteiger partial charge is 0.213 e. The molecule has 2 aliphatic heterocycles. The van der Waals surface area contributed by atoms with Gasteiger partial charge in [-0.25, -0.2) is 0 Å². The van der Waals surface area contributed by atoms with E-state index >= 15 is 0 Å². The van der Waals surface area contributed by atoms with E-state index in [9.17, 15) is 66.1 Å². The van der Waals surface area contributed by atoms with Crippen molar-refractivity contribution in [1.82, 2.24) is 0 Å². The molecule has 0 radical (unpaired) electrons. The van der Waals surface area contributed by atoms with Crippen LogP contribution in [0.2, 0.25) is 0 Å². The van der Waals surface area contributed by atoms with Gasteiger partial charge in [-0.3, -0.25) is 4.79 Å². The van der Waals surface area contributed by atoms with Gasteiger partial charge in [0.15, 0.2) is 0 Å². The lowest BCUT2D eigenvalue weighted by molar-refractivity contribution is -0.263. The minimum atomic E-state index is -3.34. The second kappa shape index (κ2) is 12.4. The number of rotatable bonds is 6. The van der Waals surface area contributed by atoms with Crippen LogP contribution < -0.4 is 0 Å². The van der Waals surface area contributed by atoms with Crippen LogP contribution >= 0.6 is 0 Å². The molecule has 42 heavy (non-hydrogen) atoms. The maximum atomic E-state index is 13.7. The van der Waals surface area contributed by atoms with Crippen molar-refractivity contribution in [3.05, 3.63) is 58.6 Å². The van der Waals surface area contributed by atoms with Gasteiger partial charge in [0.2, 0.25) is 11.4 Å². The first-order valence-corrected chi connectivity index (χ1v) is 13.0. The molecule has 8 unspecified atom stereocenters. The first-order chi connectivity index (χ1) is 19.7. The topological polar surface area (TPSA) is 278 Å². The van der Waals surface area contributed by atoms with Crippen molar-refractivity contribution in [1.29, 1.82) is 0 Å². The molecule has 2 saturated heterocycles. The monoisotopic (exact) mass is 598 g/mol. The molecular formula is C27H34O15. The second-order valence-corrected chi connectivity index (χ2v) is 10.5. The predicted molar refractivity (Wildman–Crippen MR) is 139 cm³/mol. The summed E-state index contributed by atoms with van der Waals surface area (Å²) < 4.78 is 10.6. The highest BCUT2D eigenvalue weighted by Crippen LogP contribution is 2.43. The Labute approximate surface area is 238 Å². The van der Waals surface area contributed by atoms with Crippen molar-refractivity contribution in [2.24, 2.45) is 0 Å². The third kappa shape index (κ3) is 5.57. The van der Waals surface area contributed by atoms with Crippen LogP contribution in [-0.2, 0) is 14.3 Å². The van der Waals surface area contributed by atoms with Crippen LogP contribution in [0.4, 0.5) is 0 Å². The number of benzene rings is 1. The molecule has 15 nitrogen and oxygen atoms in total. The number of aliphatic hydroxyl groups is 11. The number of aromatic hydroxyl groups is 1. The Kier molecular flexibility index (Phi) is 9.41. The van der Waals surface area contributed by atoms with Crippen molar-refractivity contribution in [3.8, 4) is 5.75 Å². The zero-order valence-corrected chi connectivity index (χ0v) is 22.0. The van der Waals surface area contributed by atoms with E-state index in [1.807, 2.05) is 0 Å². The van der Waals surface area contributed by atoms with E-state index in [0.717, 1.165) is 6.08 Å². The number of hydrogen-bond donors (Lipinski definition) is 12. The summed E-state index contributed by atoms with van der Waals surface area (Å²) in [5.41, 5.74) is -4.14. The molecule has 1 aromatic carbocycles. The summed E-state index contributed by atoms with van der Waals surface area (Å²) in [6, 6.07) is 5.64. The number of carbonyl (C=O) groups is 1. The fraction of sp³-hybridized carbons (Fsp3) is 0.519. The van der Waals surface area contributed by atoms with Gasteiger partial charge in [0.25, 0.3) is 0 Å². The van der Waals surface area contributed by atoms with E-state index in [4.69, 9.17) is 9.47 Å². The zero-order valence-electron chi connectivity index (χ0n) is 22.0. The molecule has 2 fully saturated rings. The number of allylic oxidation sites excluding steroid dienone is 1. The molecule has 0 bridgehead atoms. The number of Topliss-reactive ketones (excluding diaryl/α,β-unsaturated/α-hetero) is 1. The number of aliphatic hydroxyl groups excluding tert-OH is 10. The third-order valence-electron chi connectivity index (χ3n) is 7.80. The molecular weight excluding hydrogens is 564 g/mol. The molecule has 15 heteroatoms. The number of ketones is 1. The summed E-state index contributed by atoms with van der Waals surface area (Å²) in [7, 11) is 0. The Morgan fingerprint density at radius 3 is 2.24 bits per heavy atom. The highest BCUT2D eigenvalue weighted by atomic mass is 16.6. The third-order valence-corrected chi connectivity index (χ3v) is 7.80. The standard InChI is InChI=1S/C27H34O15/c28-8-16-19(34)20(35)22(37)26(42-16)27(40)24(38)12(14(30)6-3-10-1-4-11(29)5-2-10)7-13(25(27)39)17(32)23-21(36)18(33)15(31)9-41-23/h1-6,15-23,26,28-37,39-40H,7-9H2/b6-3+,14-12?/t15?,16?,17?,18?,19-,20+,21?,22?,23?,26-,27?/m0/s1. The molecule has 0 saturated carbocycles. The van der Waals surface area contributed by atoms with Crippen LogP contribution in [0.15, 0.2) is 53.0 Å². The Morgan fingerprint density at radius 2 is 1.62 bits per heavy atom. The van der Waals surface area contributed by atoms with Crippen LogP contribution in [0.25, 0.3) is 6.08 Å². The van der Waals surface area contributed by atoms with E-state index < -0.39 is 115 Å². The van der Waals surface area contributed by atoms with Gasteiger partial charge < -0.3 is 70.8 Å². The molecule has 3 aliphatic rings. The van der Waals surface area contributed by atoms with Crippen molar-refractivity contribution in [2.75, 3.05) is 13.2 Å². The van der Waals surface area contributed by atoms with Gasteiger partial charge in [-0.1, -0.05) is 18.2 Å². The number of hydrogen-bond acceptors (Lipinski definition) is 15. The summed E-state index contributed by atoms with van der Waals surface area (Å²) in [5.74, 6) is -3.56. The summed E-state index contributed by atoms with van der Waals surface area (Å²) in [4.78, 5) is 13.7. The lowest BCUT2D eigenvalue weighted by Crippen LogP contribution is -2.69. The molecule has 4 rings (SSSR count). The first-order valence-electron chi connectivity index (χ1n) is 13.0. The molecule has 0 amide bonds. The fourth-order valence-electron chi connectivity index (χ4n) is 5.27. The van der Waals surface area contributed by atoms with Crippen LogP contribution in [0.3, 0.4) is 0 Å². The molecule has 2 heterocycles. The second-order valence-electron chi connectivity index (χ2n) is 10.5. The molecule has 11 atom stereocenters. The lowest BCUT2D eigenvalue weighted by Gasteiger charge is -2.48. The van der Waals surface area contributed by atoms with Gasteiger partial charge >= 0.3 is 0 Å². The summed E-state index contributed by atoms with van der Waals surface area (Å²) >= 11 is 0. The SMILES string of the molecule is O=C1C(=C(O)/C=C/c2ccc(O)cc2)CC(C(O)C2OCC(O)C(O)C2O)=C(O)C1(O)[C@H]1OC(CO)[C@H](O)[C@@H](O)C1O. The van der Waals surface area contributed by atoms with E-state index in [1.54, 1.807) is 0 Å². The van der Waals surface area contributed by atoms with Gasteiger partial charge in [0, 0.05) is 17.6 Å². The minimum absolute atomic E-state index is 0.0363. The Balaban J connectivity index is 1.83. The van der Waals surface area contributed by atoms with Crippen molar-refractivity contribution >= 4 is 11.9 Å². The molecule has 0 spiro atoms. The van der Waals surface area contributed by atoms with Gasteiger partial charge in [-0.2, -0.15) is 0 Å². The first kappa shape index (κ1) is 32.0. The van der Waals surface area contributed by atoms with Gasteiger partial charge in [-0.05, 0) is 23.8 Å². The Hall–Kier alpha value is -2.93. The normalized spacial score (nSPS) is 39.9. The summed E-state index contributed by atoms with van der Waals surface area (Å²) in [6.07, 6.45) is -17.6. The molecule has 232 valence electrons. The summed E-state index contributed by atoms with van der Waals surface area (Å²) in [6.45, 7) is -1.50. The number of phenols is 1. The maximum absolute atomic E-state index is 13.7. The van der Waals surface area contributed by atoms with Crippen LogP contribution in [-0.4, -0.2) is 147 Å². The largest absolute Gasteiger partial charge is 0.509 e. The van der Waals surface area contributed by atoms with E-state index in [-0.39, 0.29) is 5.75 Å². The molecule has 1 aromatic rings. The number of carbonyl (C=O) groups excluding carboxylic acids is 1. The molecule has 0 aromatic heterocycles. The van der Waals surface area contributed by atoms with Crippen molar-refractivity contribution in [2.45, 2.75) is 73.1 Å². The highest BCUT2D eigenvalue weighted by Gasteiger charge is 2.61.